The van der Waals surface area contributed by atoms with Crippen molar-refractivity contribution in [1.29, 1.82) is 0 Å². The summed E-state index contributed by atoms with van der Waals surface area (Å²) >= 11 is 0. The molecule has 0 heterocycles. The van der Waals surface area contributed by atoms with Crippen molar-refractivity contribution in [2.75, 3.05) is 0 Å². The predicted octanol–water partition coefficient (Wildman–Crippen LogP) is 1.55. The number of hydrogen-bond acceptors (Lipinski definition) is 1. The van der Waals surface area contributed by atoms with Gasteiger partial charge in [0, 0.05) is 0 Å². The summed E-state index contributed by atoms with van der Waals surface area (Å²) in [5, 5.41) is 0. The summed E-state index contributed by atoms with van der Waals surface area (Å²) in [6, 6.07) is 0. The van der Waals surface area contributed by atoms with Gasteiger partial charge < -0.3 is 5.73 Å². The second kappa shape index (κ2) is 4.50. The minimum absolute atomic E-state index is 0.212. The van der Waals surface area contributed by atoms with Gasteiger partial charge in [0.15, 0.2) is 0 Å². The van der Waals surface area contributed by atoms with Gasteiger partial charge in [-0.3, -0.25) is 4.79 Å². The van der Waals surface area contributed by atoms with Crippen LogP contribution in [0.1, 0.15) is 13.3 Å². The van der Waals surface area contributed by atoms with Crippen molar-refractivity contribution in [2.24, 2.45) is 5.73 Å². The Labute approximate surface area is 67.1 Å². The van der Waals surface area contributed by atoms with E-state index in [9.17, 15) is 4.79 Å². The van der Waals surface area contributed by atoms with E-state index in [1.54, 1.807) is 12.2 Å². The number of rotatable bonds is 4. The smallest absolute Gasteiger partial charge is 0.221 e. The molecule has 0 aliphatic rings. The molecule has 0 saturated carbocycles. The lowest BCUT2D eigenvalue weighted by Crippen LogP contribution is -2.10. The summed E-state index contributed by atoms with van der Waals surface area (Å²) in [4.78, 5) is 10.4. The van der Waals surface area contributed by atoms with E-state index in [0.29, 0.717) is 5.57 Å². The molecule has 0 bridgehead atoms. The van der Waals surface area contributed by atoms with Gasteiger partial charge in [0.25, 0.3) is 0 Å². The summed E-state index contributed by atoms with van der Waals surface area (Å²) in [5.74, 6) is -0.360. The molecule has 0 unspecified atom stereocenters. The molecule has 0 aromatic heterocycles. The van der Waals surface area contributed by atoms with Crippen LogP contribution in [0.2, 0.25) is 0 Å². The Morgan fingerprint density at radius 3 is 2.36 bits per heavy atom. The van der Waals surface area contributed by atoms with Crippen LogP contribution in [0.5, 0.6) is 0 Å². The van der Waals surface area contributed by atoms with E-state index in [-0.39, 0.29) is 12.3 Å². The highest BCUT2D eigenvalue weighted by molar-refractivity contribution is 5.77. The first-order valence-corrected chi connectivity index (χ1v) is 3.32. The number of primary amides is 1. The van der Waals surface area contributed by atoms with Gasteiger partial charge in [-0.05, 0) is 12.5 Å². The molecule has 0 aliphatic heterocycles. The van der Waals surface area contributed by atoms with Crippen LogP contribution in [0, 0.1) is 0 Å². The average molecular weight is 151 g/mol. The van der Waals surface area contributed by atoms with E-state index in [1.807, 2.05) is 6.92 Å². The molecule has 0 spiro atoms. The molecular weight excluding hydrogens is 138 g/mol. The van der Waals surface area contributed by atoms with Gasteiger partial charge in [0.1, 0.15) is 0 Å². The van der Waals surface area contributed by atoms with Crippen LogP contribution in [0.3, 0.4) is 0 Å². The molecule has 0 aliphatic carbocycles. The van der Waals surface area contributed by atoms with Crippen molar-refractivity contribution in [2.45, 2.75) is 13.3 Å². The third-order valence-electron chi connectivity index (χ3n) is 1.00. The second-order valence-corrected chi connectivity index (χ2v) is 2.48. The molecule has 0 fully saturated rings. The highest BCUT2D eigenvalue weighted by atomic mass is 16.1. The molecule has 2 nitrogen and oxygen atoms in total. The molecule has 60 valence electrons. The molecule has 2 N–H and O–H groups in total. The Kier molecular flexibility index (Phi) is 3.96. The van der Waals surface area contributed by atoms with Crippen molar-refractivity contribution >= 4 is 5.91 Å². The Hall–Kier alpha value is -1.31. The molecular formula is C9H13NO. The number of carbonyl (C=O) groups excluding carboxylic acids is 1. The fraction of sp³-hybridized carbons (Fsp3) is 0.222. The average Bonchev–Trinajstić information content (AvgIpc) is 1.82. The van der Waals surface area contributed by atoms with E-state index in [1.165, 1.54) is 0 Å². The third kappa shape index (κ3) is 6.58. The van der Waals surface area contributed by atoms with Crippen LogP contribution in [-0.4, -0.2) is 5.91 Å². The summed E-state index contributed by atoms with van der Waals surface area (Å²) in [7, 11) is 0. The topological polar surface area (TPSA) is 43.1 Å². The van der Waals surface area contributed by atoms with Gasteiger partial charge in [-0.25, -0.2) is 0 Å². The molecule has 0 radical (unpaired) electrons. The second-order valence-electron chi connectivity index (χ2n) is 2.48. The fourth-order valence-electron chi connectivity index (χ4n) is 0.543. The fourth-order valence-corrected chi connectivity index (χ4v) is 0.543. The standard InChI is InChI=1S/C9H13NO/c1-7(2)4-5-8(3)6-9(10)11/h4-5H,1,3,6H2,2H3,(H2,10,11)/b5-4-. The maximum atomic E-state index is 10.4. The van der Waals surface area contributed by atoms with Gasteiger partial charge in [0.05, 0.1) is 6.42 Å². The zero-order valence-electron chi connectivity index (χ0n) is 6.76. The van der Waals surface area contributed by atoms with Crippen molar-refractivity contribution in [1.82, 2.24) is 0 Å². The van der Waals surface area contributed by atoms with Gasteiger partial charge in [-0.1, -0.05) is 30.9 Å². The number of amides is 1. The zero-order chi connectivity index (χ0) is 8.85. The zero-order valence-corrected chi connectivity index (χ0v) is 6.76. The van der Waals surface area contributed by atoms with Crippen LogP contribution in [0.15, 0.2) is 36.5 Å². The summed E-state index contributed by atoms with van der Waals surface area (Å²) in [5.41, 5.74) is 6.58. The van der Waals surface area contributed by atoms with Crippen LogP contribution in [0.4, 0.5) is 0 Å². The van der Waals surface area contributed by atoms with Crippen molar-refractivity contribution in [3.63, 3.8) is 0 Å². The molecule has 0 aromatic rings. The van der Waals surface area contributed by atoms with Gasteiger partial charge in [-0.15, -0.1) is 0 Å². The summed E-state index contributed by atoms with van der Waals surface area (Å²) in [6.07, 6.45) is 3.75. The van der Waals surface area contributed by atoms with Crippen molar-refractivity contribution < 1.29 is 4.79 Å². The maximum Gasteiger partial charge on any atom is 0.221 e. The highest BCUT2D eigenvalue weighted by Gasteiger charge is 1.93. The first-order valence-electron chi connectivity index (χ1n) is 3.32. The lowest BCUT2D eigenvalue weighted by molar-refractivity contribution is -0.117. The van der Waals surface area contributed by atoms with Gasteiger partial charge in [0.2, 0.25) is 5.91 Å². The molecule has 1 amide bonds. The lowest BCUT2D eigenvalue weighted by Gasteiger charge is -1.93. The van der Waals surface area contributed by atoms with E-state index >= 15 is 0 Å². The predicted molar refractivity (Wildman–Crippen MR) is 46.9 cm³/mol. The van der Waals surface area contributed by atoms with Gasteiger partial charge >= 0.3 is 0 Å². The third-order valence-corrected chi connectivity index (χ3v) is 1.00. The Bertz CT molecular complexity index is 214. The number of carbonyl (C=O) groups is 1. The summed E-state index contributed by atoms with van der Waals surface area (Å²) < 4.78 is 0. The van der Waals surface area contributed by atoms with Crippen molar-refractivity contribution in [3.05, 3.63) is 36.5 Å². The molecule has 0 saturated heterocycles. The monoisotopic (exact) mass is 151 g/mol. The van der Waals surface area contributed by atoms with Crippen molar-refractivity contribution in [3.8, 4) is 0 Å². The highest BCUT2D eigenvalue weighted by Crippen LogP contribution is 2.00. The SMILES string of the molecule is C=C(C)/C=C\C(=C)CC(N)=O. The van der Waals surface area contributed by atoms with Gasteiger partial charge in [-0.2, -0.15) is 0 Å². The Morgan fingerprint density at radius 2 is 2.00 bits per heavy atom. The van der Waals surface area contributed by atoms with Crippen LogP contribution < -0.4 is 5.73 Å². The molecule has 0 aromatic carbocycles. The maximum absolute atomic E-state index is 10.4. The molecule has 11 heavy (non-hydrogen) atoms. The first kappa shape index (κ1) is 9.69. The Morgan fingerprint density at radius 1 is 1.45 bits per heavy atom. The van der Waals surface area contributed by atoms with Crippen LogP contribution >= 0.6 is 0 Å². The van der Waals surface area contributed by atoms with Crippen LogP contribution in [0.25, 0.3) is 0 Å². The van der Waals surface area contributed by atoms with E-state index in [4.69, 9.17) is 5.73 Å². The molecule has 0 atom stereocenters. The molecule has 0 rings (SSSR count). The van der Waals surface area contributed by atoms with E-state index in [2.05, 4.69) is 13.2 Å². The largest absolute Gasteiger partial charge is 0.369 e. The Balaban J connectivity index is 3.88. The van der Waals surface area contributed by atoms with E-state index in [0.717, 1.165) is 5.57 Å². The minimum atomic E-state index is -0.360. The number of allylic oxidation sites excluding steroid dienone is 3. The lowest BCUT2D eigenvalue weighted by atomic mass is 10.2. The summed E-state index contributed by atoms with van der Waals surface area (Å²) in [6.45, 7) is 9.17. The quantitative estimate of drug-likeness (QED) is 0.608. The number of nitrogens with two attached hydrogens (primary N) is 1. The normalized spacial score (nSPS) is 9.91. The number of hydrogen-bond donors (Lipinski definition) is 1. The van der Waals surface area contributed by atoms with E-state index < -0.39 is 0 Å². The molecule has 2 heteroatoms. The van der Waals surface area contributed by atoms with Crippen LogP contribution in [-0.2, 0) is 4.79 Å². The minimum Gasteiger partial charge on any atom is -0.369 e. The first-order chi connectivity index (χ1) is 5.02.